The van der Waals surface area contributed by atoms with Gasteiger partial charge in [-0.1, -0.05) is 0 Å². The van der Waals surface area contributed by atoms with Crippen LogP contribution in [0.15, 0.2) is 11.3 Å². The fourth-order valence-corrected chi connectivity index (χ4v) is 0.651. The van der Waals surface area contributed by atoms with Crippen molar-refractivity contribution >= 4 is 5.97 Å². The van der Waals surface area contributed by atoms with Gasteiger partial charge in [0.05, 0.1) is 27.1 Å². The van der Waals surface area contributed by atoms with Gasteiger partial charge in [0.2, 0.25) is 0 Å². The number of carboxylic acid groups (broad SMARTS) is 1. The van der Waals surface area contributed by atoms with Crippen molar-refractivity contribution in [3.63, 3.8) is 0 Å². The van der Waals surface area contributed by atoms with Crippen molar-refractivity contribution in [3.05, 3.63) is 11.3 Å². The second kappa shape index (κ2) is 3.05. The predicted octanol–water partition coefficient (Wildman–Crippen LogP) is -0.264. The molecule has 3 nitrogen and oxygen atoms in total. The van der Waals surface area contributed by atoms with Gasteiger partial charge in [-0.25, -0.2) is 0 Å². The minimum Gasteiger partial charge on any atom is -0.545 e. The molecule has 11 heavy (non-hydrogen) atoms. The van der Waals surface area contributed by atoms with Crippen LogP contribution in [0.4, 0.5) is 0 Å². The van der Waals surface area contributed by atoms with E-state index in [2.05, 4.69) is 0 Å². The van der Waals surface area contributed by atoms with Crippen molar-refractivity contribution in [2.24, 2.45) is 0 Å². The Morgan fingerprint density at radius 1 is 1.18 bits per heavy atom. The van der Waals surface area contributed by atoms with E-state index in [1.165, 1.54) is 0 Å². The van der Waals surface area contributed by atoms with Crippen molar-refractivity contribution in [2.75, 3.05) is 21.1 Å². The van der Waals surface area contributed by atoms with Gasteiger partial charge in [0.15, 0.2) is 0 Å². The van der Waals surface area contributed by atoms with Crippen LogP contribution < -0.4 is 5.11 Å². The molecule has 64 valence electrons. The summed E-state index contributed by atoms with van der Waals surface area (Å²) in [6.45, 7) is 3.36. The molecule has 0 aliphatic heterocycles. The van der Waals surface area contributed by atoms with E-state index in [1.807, 2.05) is 21.1 Å². The minimum atomic E-state index is -1.09. The van der Waals surface area contributed by atoms with E-state index in [0.717, 1.165) is 5.70 Å². The summed E-state index contributed by atoms with van der Waals surface area (Å²) < 4.78 is 0.528. The molecule has 0 unspecified atom stereocenters. The first-order valence-corrected chi connectivity index (χ1v) is 3.47. The van der Waals surface area contributed by atoms with Gasteiger partial charge in [-0.15, -0.1) is 0 Å². The van der Waals surface area contributed by atoms with Crippen molar-refractivity contribution < 1.29 is 14.4 Å². The average Bonchev–Trinajstić information content (AvgIpc) is 1.82. The molecule has 0 heterocycles. The number of rotatable bonds is 2. The van der Waals surface area contributed by atoms with E-state index < -0.39 is 5.97 Å². The molecular formula is C8H15NO2. The molecule has 0 N–H and O–H groups in total. The van der Waals surface area contributed by atoms with Crippen LogP contribution in [0.25, 0.3) is 0 Å². The molecule has 0 saturated carbocycles. The van der Waals surface area contributed by atoms with Gasteiger partial charge in [0.1, 0.15) is 5.70 Å². The first kappa shape index (κ1) is 10.2. The highest BCUT2D eigenvalue weighted by Crippen LogP contribution is 2.11. The van der Waals surface area contributed by atoms with Crippen molar-refractivity contribution in [1.29, 1.82) is 0 Å². The van der Waals surface area contributed by atoms with E-state index in [4.69, 9.17) is 0 Å². The zero-order valence-electron chi connectivity index (χ0n) is 7.76. The molecule has 0 aliphatic rings. The number of nitrogens with zero attached hydrogens (tertiary/aromatic N) is 1. The third-order valence-corrected chi connectivity index (χ3v) is 1.86. The summed E-state index contributed by atoms with van der Waals surface area (Å²) in [6.07, 6.45) is 0. The fraction of sp³-hybridized carbons (Fsp3) is 0.625. The number of carbonyl (C=O) groups is 1. The highest BCUT2D eigenvalue weighted by Gasteiger charge is 2.13. The number of allylic oxidation sites excluding steroid dienone is 1. The number of aliphatic carboxylic acids is 1. The predicted molar refractivity (Wildman–Crippen MR) is 41.4 cm³/mol. The monoisotopic (exact) mass is 157 g/mol. The molecule has 0 aromatic carbocycles. The maximum absolute atomic E-state index is 10.4. The molecule has 3 heteroatoms. The van der Waals surface area contributed by atoms with Gasteiger partial charge < -0.3 is 14.4 Å². The maximum atomic E-state index is 10.4. The molecule has 0 aromatic rings. The van der Waals surface area contributed by atoms with Crippen LogP contribution in [-0.4, -0.2) is 31.6 Å². The average molecular weight is 157 g/mol. The van der Waals surface area contributed by atoms with Gasteiger partial charge in [0.25, 0.3) is 0 Å². The van der Waals surface area contributed by atoms with E-state index in [0.29, 0.717) is 10.1 Å². The van der Waals surface area contributed by atoms with Gasteiger partial charge in [0, 0.05) is 12.5 Å². The van der Waals surface area contributed by atoms with E-state index in [1.54, 1.807) is 13.8 Å². The van der Waals surface area contributed by atoms with E-state index in [9.17, 15) is 9.90 Å². The number of quaternary nitrogens is 1. The largest absolute Gasteiger partial charge is 0.545 e. The van der Waals surface area contributed by atoms with Crippen LogP contribution in [0.1, 0.15) is 13.8 Å². The fourth-order valence-electron chi connectivity index (χ4n) is 0.651. The lowest BCUT2D eigenvalue weighted by molar-refractivity contribution is -0.831. The second-order valence-electron chi connectivity index (χ2n) is 3.51. The van der Waals surface area contributed by atoms with E-state index >= 15 is 0 Å². The first-order chi connectivity index (χ1) is 4.76. The van der Waals surface area contributed by atoms with Crippen molar-refractivity contribution in [2.45, 2.75) is 13.8 Å². The number of carboxylic acids is 1. The molecule has 0 amide bonds. The molecule has 0 atom stereocenters. The van der Waals surface area contributed by atoms with Crippen molar-refractivity contribution in [3.8, 4) is 0 Å². The lowest BCUT2D eigenvalue weighted by Gasteiger charge is -2.26. The zero-order valence-corrected chi connectivity index (χ0v) is 7.76. The molecule has 0 saturated heterocycles. The maximum Gasteiger partial charge on any atom is 0.110 e. The van der Waals surface area contributed by atoms with Gasteiger partial charge >= 0.3 is 0 Å². The molecule has 0 aromatic heterocycles. The highest BCUT2D eigenvalue weighted by atomic mass is 16.4. The molecule has 0 aliphatic carbocycles. The smallest absolute Gasteiger partial charge is 0.110 e. The van der Waals surface area contributed by atoms with Crippen LogP contribution >= 0.6 is 0 Å². The van der Waals surface area contributed by atoms with Crippen LogP contribution in [0.5, 0.6) is 0 Å². The summed E-state index contributed by atoms with van der Waals surface area (Å²) in [5, 5.41) is 10.4. The SMILES string of the molecule is CC(C(=O)[O-])=C(C)[N+](C)(C)C. The lowest BCUT2D eigenvalue weighted by atomic mass is 10.2. The Labute approximate surface area is 67.5 Å². The molecule has 0 radical (unpaired) electrons. The van der Waals surface area contributed by atoms with Crippen LogP contribution in [-0.2, 0) is 4.79 Å². The number of carbonyl (C=O) groups excluding carboxylic acids is 1. The first-order valence-electron chi connectivity index (χ1n) is 3.47. The normalized spacial score (nSPS) is 14.3. The summed E-state index contributed by atoms with van der Waals surface area (Å²) in [6, 6.07) is 0. The summed E-state index contributed by atoms with van der Waals surface area (Å²) >= 11 is 0. The third kappa shape index (κ3) is 2.72. The molecule has 0 rings (SSSR count). The quantitative estimate of drug-likeness (QED) is 0.409. The Morgan fingerprint density at radius 2 is 1.55 bits per heavy atom. The summed E-state index contributed by atoms with van der Waals surface area (Å²) in [5.74, 6) is -1.09. The Bertz CT molecular complexity index is 199. The summed E-state index contributed by atoms with van der Waals surface area (Å²) in [4.78, 5) is 10.4. The molecule has 0 spiro atoms. The Morgan fingerprint density at radius 3 is 1.64 bits per heavy atom. The van der Waals surface area contributed by atoms with Crippen LogP contribution in [0, 0.1) is 0 Å². The number of hydrogen-bond acceptors (Lipinski definition) is 2. The molecular weight excluding hydrogens is 142 g/mol. The lowest BCUT2D eigenvalue weighted by Crippen LogP contribution is -2.36. The number of hydrogen-bond donors (Lipinski definition) is 0. The highest BCUT2D eigenvalue weighted by molar-refractivity contribution is 5.84. The van der Waals surface area contributed by atoms with Crippen LogP contribution in [0.2, 0.25) is 0 Å². The van der Waals surface area contributed by atoms with Crippen molar-refractivity contribution in [1.82, 2.24) is 0 Å². The topological polar surface area (TPSA) is 40.1 Å². The Hall–Kier alpha value is -0.830. The standard InChI is InChI=1S/C8H15NO2/c1-6(8(10)11)7(2)9(3,4)5/h1-5H3. The Balaban J connectivity index is 4.82. The summed E-state index contributed by atoms with van der Waals surface area (Å²) in [7, 11) is 5.76. The van der Waals surface area contributed by atoms with E-state index in [-0.39, 0.29) is 0 Å². The zero-order chi connectivity index (χ0) is 9.23. The minimum absolute atomic E-state index is 0.317. The third-order valence-electron chi connectivity index (χ3n) is 1.86. The molecule has 0 fully saturated rings. The van der Waals surface area contributed by atoms with Gasteiger partial charge in [-0.3, -0.25) is 0 Å². The van der Waals surface area contributed by atoms with Gasteiger partial charge in [-0.05, 0) is 6.92 Å². The second-order valence-corrected chi connectivity index (χ2v) is 3.51. The van der Waals surface area contributed by atoms with Crippen LogP contribution in [0.3, 0.4) is 0 Å². The summed E-state index contributed by atoms with van der Waals surface area (Å²) in [5.41, 5.74) is 1.13. The molecule has 0 bridgehead atoms. The Kier molecular flexibility index (Phi) is 2.82. The van der Waals surface area contributed by atoms with Gasteiger partial charge in [-0.2, -0.15) is 0 Å².